The number of aromatic nitrogens is 2. The van der Waals surface area contributed by atoms with Crippen molar-refractivity contribution in [3.8, 4) is 0 Å². The lowest BCUT2D eigenvalue weighted by Gasteiger charge is -2.14. The van der Waals surface area contributed by atoms with Crippen molar-refractivity contribution in [3.63, 3.8) is 0 Å². The zero-order valence-electron chi connectivity index (χ0n) is 12.3. The van der Waals surface area contributed by atoms with E-state index in [0.717, 1.165) is 0 Å². The van der Waals surface area contributed by atoms with E-state index in [1.165, 1.54) is 22.9 Å². The Morgan fingerprint density at radius 2 is 2.32 bits per heavy atom. The van der Waals surface area contributed by atoms with Crippen molar-refractivity contribution < 1.29 is 19.4 Å². The van der Waals surface area contributed by atoms with E-state index in [0.29, 0.717) is 5.56 Å². The fraction of sp³-hybridized carbons (Fsp3) is 0.500. The van der Waals surface area contributed by atoms with Crippen molar-refractivity contribution in [1.29, 1.82) is 0 Å². The van der Waals surface area contributed by atoms with Crippen LogP contribution in [0.5, 0.6) is 0 Å². The molecule has 0 spiro atoms. The van der Waals surface area contributed by atoms with Crippen molar-refractivity contribution in [2.45, 2.75) is 38.7 Å². The Bertz CT molecular complexity index is 689. The van der Waals surface area contributed by atoms with Gasteiger partial charge >= 0.3 is 11.7 Å². The van der Waals surface area contributed by atoms with Crippen molar-refractivity contribution in [2.24, 2.45) is 0 Å². The SMILES string of the molecule is CCOC(=O)C=C[C@H]1O[C@@H](n2cc(C)c(=O)[nH]c2=O)CC1O. The van der Waals surface area contributed by atoms with Gasteiger partial charge in [0.2, 0.25) is 0 Å². The summed E-state index contributed by atoms with van der Waals surface area (Å²) in [7, 11) is 0. The molecule has 1 aromatic heterocycles. The predicted octanol–water partition coefficient (Wildman–Crippen LogP) is -0.387. The minimum atomic E-state index is -0.866. The topological polar surface area (TPSA) is 111 Å². The molecule has 2 heterocycles. The quantitative estimate of drug-likeness (QED) is 0.579. The fourth-order valence-corrected chi connectivity index (χ4v) is 2.18. The lowest BCUT2D eigenvalue weighted by Crippen LogP contribution is -2.33. The molecule has 0 radical (unpaired) electrons. The van der Waals surface area contributed by atoms with Gasteiger partial charge in [-0.25, -0.2) is 9.59 Å². The third-order valence-corrected chi connectivity index (χ3v) is 3.30. The number of ether oxygens (including phenoxy) is 2. The molecule has 1 aromatic rings. The molecule has 120 valence electrons. The first-order valence-electron chi connectivity index (χ1n) is 6.93. The number of esters is 1. The molecule has 0 bridgehead atoms. The molecule has 1 fully saturated rings. The van der Waals surface area contributed by atoms with Gasteiger partial charge in [0.25, 0.3) is 5.56 Å². The lowest BCUT2D eigenvalue weighted by molar-refractivity contribution is -0.137. The van der Waals surface area contributed by atoms with Crippen molar-refractivity contribution in [2.75, 3.05) is 6.61 Å². The third-order valence-electron chi connectivity index (χ3n) is 3.30. The summed E-state index contributed by atoms with van der Waals surface area (Å²) in [6.45, 7) is 3.51. The number of nitrogens with zero attached hydrogens (tertiary/aromatic N) is 1. The van der Waals surface area contributed by atoms with E-state index in [1.807, 2.05) is 0 Å². The summed E-state index contributed by atoms with van der Waals surface area (Å²) in [5.41, 5.74) is -0.704. The van der Waals surface area contributed by atoms with Gasteiger partial charge in [0.1, 0.15) is 12.3 Å². The monoisotopic (exact) mass is 310 g/mol. The molecule has 0 saturated carbocycles. The summed E-state index contributed by atoms with van der Waals surface area (Å²) >= 11 is 0. The molecule has 0 amide bonds. The van der Waals surface area contributed by atoms with Crippen LogP contribution in [0.15, 0.2) is 27.9 Å². The summed E-state index contributed by atoms with van der Waals surface area (Å²) in [6.07, 6.45) is 1.82. The normalized spacial score (nSPS) is 24.8. The van der Waals surface area contributed by atoms with Gasteiger partial charge in [0, 0.05) is 24.3 Å². The highest BCUT2D eigenvalue weighted by molar-refractivity contribution is 5.81. The number of carbonyl (C=O) groups is 1. The average molecular weight is 310 g/mol. The number of carbonyl (C=O) groups excluding carboxylic acids is 1. The van der Waals surface area contributed by atoms with Crippen LogP contribution >= 0.6 is 0 Å². The predicted molar refractivity (Wildman–Crippen MR) is 76.4 cm³/mol. The standard InChI is InChI=1S/C14H18N2O6/c1-3-21-12(18)5-4-10-9(17)6-11(22-10)16-7-8(2)13(19)15-14(16)20/h4-5,7,9-11,17H,3,6H2,1-2H3,(H,15,19,20)/t9?,10-,11-/m1/s1. The number of aliphatic hydroxyl groups excluding tert-OH is 1. The van der Waals surface area contributed by atoms with Gasteiger partial charge in [-0.3, -0.25) is 14.3 Å². The summed E-state index contributed by atoms with van der Waals surface area (Å²) in [5.74, 6) is -0.529. The van der Waals surface area contributed by atoms with Crippen LogP contribution in [0.3, 0.4) is 0 Å². The number of aliphatic hydroxyl groups is 1. The van der Waals surface area contributed by atoms with E-state index in [4.69, 9.17) is 9.47 Å². The lowest BCUT2D eigenvalue weighted by atomic mass is 10.1. The van der Waals surface area contributed by atoms with E-state index in [-0.39, 0.29) is 13.0 Å². The molecule has 1 saturated heterocycles. The largest absolute Gasteiger partial charge is 0.463 e. The highest BCUT2D eigenvalue weighted by Crippen LogP contribution is 2.28. The van der Waals surface area contributed by atoms with Gasteiger partial charge in [0.05, 0.1) is 12.7 Å². The molecule has 2 rings (SSSR count). The first-order chi connectivity index (χ1) is 10.4. The van der Waals surface area contributed by atoms with E-state index >= 15 is 0 Å². The minimum Gasteiger partial charge on any atom is -0.463 e. The number of aromatic amines is 1. The van der Waals surface area contributed by atoms with Crippen LogP contribution in [0.4, 0.5) is 0 Å². The maximum atomic E-state index is 11.8. The number of hydrogen-bond donors (Lipinski definition) is 2. The smallest absolute Gasteiger partial charge is 0.330 e. The van der Waals surface area contributed by atoms with Gasteiger partial charge in [0.15, 0.2) is 0 Å². The van der Waals surface area contributed by atoms with Crippen molar-refractivity contribution in [3.05, 3.63) is 44.8 Å². The Morgan fingerprint density at radius 3 is 3.00 bits per heavy atom. The highest BCUT2D eigenvalue weighted by atomic mass is 16.5. The van der Waals surface area contributed by atoms with Crippen molar-refractivity contribution >= 4 is 5.97 Å². The molecular weight excluding hydrogens is 292 g/mol. The Balaban J connectivity index is 2.14. The van der Waals surface area contributed by atoms with Crippen LogP contribution in [-0.2, 0) is 14.3 Å². The molecule has 8 heteroatoms. The summed E-state index contributed by atoms with van der Waals surface area (Å²) in [5, 5.41) is 9.96. The fourth-order valence-electron chi connectivity index (χ4n) is 2.18. The Hall–Kier alpha value is -2.19. The first-order valence-corrected chi connectivity index (χ1v) is 6.93. The van der Waals surface area contributed by atoms with Gasteiger partial charge < -0.3 is 14.6 Å². The third kappa shape index (κ3) is 3.52. The average Bonchev–Trinajstić information content (AvgIpc) is 2.82. The maximum absolute atomic E-state index is 11.8. The van der Waals surface area contributed by atoms with Crippen LogP contribution in [0.2, 0.25) is 0 Å². The van der Waals surface area contributed by atoms with E-state index in [1.54, 1.807) is 13.8 Å². The number of H-pyrrole nitrogens is 1. The van der Waals surface area contributed by atoms with Crippen LogP contribution in [0.25, 0.3) is 0 Å². The van der Waals surface area contributed by atoms with Gasteiger partial charge in [-0.2, -0.15) is 0 Å². The van der Waals surface area contributed by atoms with E-state index in [2.05, 4.69) is 4.98 Å². The molecular formula is C14H18N2O6. The van der Waals surface area contributed by atoms with Crippen LogP contribution in [0, 0.1) is 6.92 Å². The highest BCUT2D eigenvalue weighted by Gasteiger charge is 2.34. The van der Waals surface area contributed by atoms with Crippen LogP contribution in [0.1, 0.15) is 25.1 Å². The molecule has 1 aliphatic rings. The second kappa shape index (κ2) is 6.71. The Morgan fingerprint density at radius 1 is 1.59 bits per heavy atom. The van der Waals surface area contributed by atoms with Crippen LogP contribution < -0.4 is 11.2 Å². The van der Waals surface area contributed by atoms with Gasteiger partial charge in [-0.15, -0.1) is 0 Å². The van der Waals surface area contributed by atoms with Gasteiger partial charge in [-0.1, -0.05) is 0 Å². The number of hydrogen-bond acceptors (Lipinski definition) is 6. The van der Waals surface area contributed by atoms with Crippen molar-refractivity contribution in [1.82, 2.24) is 9.55 Å². The minimum absolute atomic E-state index is 0.170. The second-order valence-corrected chi connectivity index (χ2v) is 4.95. The van der Waals surface area contributed by atoms with Gasteiger partial charge in [-0.05, 0) is 19.9 Å². The molecule has 8 nitrogen and oxygen atoms in total. The van der Waals surface area contributed by atoms with E-state index in [9.17, 15) is 19.5 Å². The molecule has 3 atom stereocenters. The summed E-state index contributed by atoms with van der Waals surface area (Å²) in [4.78, 5) is 36.6. The zero-order valence-corrected chi connectivity index (χ0v) is 12.3. The summed E-state index contributed by atoms with van der Waals surface area (Å²) < 4.78 is 11.5. The number of rotatable bonds is 4. The zero-order chi connectivity index (χ0) is 16.3. The molecule has 2 N–H and O–H groups in total. The molecule has 22 heavy (non-hydrogen) atoms. The molecule has 1 unspecified atom stereocenters. The molecule has 0 aromatic carbocycles. The first kappa shape index (κ1) is 16.2. The number of aryl methyl sites for hydroxylation is 1. The summed E-state index contributed by atoms with van der Waals surface area (Å²) in [6, 6.07) is 0. The second-order valence-electron chi connectivity index (χ2n) is 4.95. The molecule has 1 aliphatic heterocycles. The Kier molecular flexibility index (Phi) is 4.94. The van der Waals surface area contributed by atoms with E-state index < -0.39 is 35.7 Å². The molecule has 0 aliphatic carbocycles. The van der Waals surface area contributed by atoms with Crippen LogP contribution in [-0.4, -0.2) is 39.4 Å². The Labute approximate surface area is 126 Å². The number of nitrogens with one attached hydrogen (secondary N) is 1. The maximum Gasteiger partial charge on any atom is 0.330 e.